The number of piperazine rings is 1. The Bertz CT molecular complexity index is 1210. The Morgan fingerprint density at radius 1 is 1.00 bits per heavy atom. The van der Waals surface area contributed by atoms with E-state index in [9.17, 15) is 21.6 Å². The minimum atomic E-state index is -4.04. The maximum Gasteiger partial charge on any atom is 0.269 e. The van der Waals surface area contributed by atoms with Crippen LogP contribution >= 0.6 is 0 Å². The first-order chi connectivity index (χ1) is 15.2. The van der Waals surface area contributed by atoms with Crippen LogP contribution in [-0.4, -0.2) is 81.2 Å². The lowest BCUT2D eigenvalue weighted by Crippen LogP contribution is -2.47. The zero-order valence-corrected chi connectivity index (χ0v) is 18.9. The second-order valence-corrected chi connectivity index (χ2v) is 11.1. The molecule has 13 heteroatoms. The van der Waals surface area contributed by atoms with E-state index in [1.165, 1.54) is 0 Å². The van der Waals surface area contributed by atoms with Gasteiger partial charge < -0.3 is 4.90 Å². The van der Waals surface area contributed by atoms with Gasteiger partial charge in [0.2, 0.25) is 16.0 Å². The number of nitrogens with zero attached hydrogens (tertiary/aromatic N) is 5. The van der Waals surface area contributed by atoms with Gasteiger partial charge in [-0.05, 0) is 43.7 Å². The first kappa shape index (κ1) is 22.6. The van der Waals surface area contributed by atoms with Crippen molar-refractivity contribution in [3.63, 3.8) is 0 Å². The highest BCUT2D eigenvalue weighted by atomic mass is 32.2. The van der Waals surface area contributed by atoms with Gasteiger partial charge in [0.1, 0.15) is 4.90 Å². The molecule has 3 heterocycles. The number of primary sulfonamides is 1. The fourth-order valence-corrected chi connectivity index (χ4v) is 6.01. The van der Waals surface area contributed by atoms with Gasteiger partial charge in [-0.1, -0.05) is 0 Å². The number of fused-ring (bicyclic) bond motifs is 1. The van der Waals surface area contributed by atoms with Crippen LogP contribution in [0.25, 0.3) is 0 Å². The van der Waals surface area contributed by atoms with Crippen molar-refractivity contribution in [1.29, 1.82) is 0 Å². The average Bonchev–Trinajstić information content (AvgIpc) is 2.97. The lowest BCUT2D eigenvalue weighted by atomic mass is 10.2. The Morgan fingerprint density at radius 3 is 2.31 bits per heavy atom. The normalized spacial score (nSPS) is 18.7. The van der Waals surface area contributed by atoms with Crippen molar-refractivity contribution < 1.29 is 21.6 Å². The Morgan fingerprint density at radius 2 is 1.66 bits per heavy atom. The number of carbonyl (C=O) groups is 1. The van der Waals surface area contributed by atoms with Crippen LogP contribution < -0.4 is 10.0 Å². The van der Waals surface area contributed by atoms with E-state index in [1.807, 2.05) is 0 Å². The number of unbranched alkanes of at least 4 members (excludes halogenated alkanes) is 1. The van der Waals surface area contributed by atoms with Gasteiger partial charge in [0.25, 0.3) is 15.9 Å². The number of hydrogen-bond donors (Lipinski definition) is 1. The maximum atomic E-state index is 12.7. The molecule has 4 rings (SSSR count). The summed E-state index contributed by atoms with van der Waals surface area (Å²) in [5.41, 5.74) is -0.157. The van der Waals surface area contributed by atoms with Gasteiger partial charge >= 0.3 is 0 Å². The lowest BCUT2D eigenvalue weighted by Gasteiger charge is -2.34. The highest BCUT2D eigenvalue weighted by molar-refractivity contribution is 7.90. The summed E-state index contributed by atoms with van der Waals surface area (Å²) in [5, 5.41) is 5.09. The van der Waals surface area contributed by atoms with E-state index >= 15 is 0 Å². The molecule has 2 aliphatic heterocycles. The molecule has 172 valence electrons. The number of anilines is 1. The molecule has 1 saturated heterocycles. The zero-order valence-electron chi connectivity index (χ0n) is 17.3. The second-order valence-electron chi connectivity index (χ2n) is 7.67. The number of sulfonamides is 2. The summed E-state index contributed by atoms with van der Waals surface area (Å²) < 4.78 is 49.3. The fraction of sp³-hybridized carbons (Fsp3) is 0.421. The Balaban J connectivity index is 1.30. The van der Waals surface area contributed by atoms with Gasteiger partial charge in [-0.3, -0.25) is 9.69 Å². The molecule has 0 unspecified atom stereocenters. The third-order valence-electron chi connectivity index (χ3n) is 5.60. The van der Waals surface area contributed by atoms with Crippen molar-refractivity contribution in [3.8, 4) is 0 Å². The van der Waals surface area contributed by atoms with Crippen molar-refractivity contribution in [2.45, 2.75) is 22.6 Å². The standard InChI is InChI=1S/C19H24N6O5S2/c20-31(27,28)15-4-5-17-16(14-15)18(26)25(32(17,29)30)9-2-1-8-23-10-12-24(13-11-23)19-21-6-3-7-22-19/h3-7,14H,1-2,8-13H2,(H2,20,27,28). The minimum absolute atomic E-state index is 0.0401. The number of benzene rings is 1. The molecular weight excluding hydrogens is 456 g/mol. The Kier molecular flexibility index (Phi) is 6.16. The summed E-state index contributed by atoms with van der Waals surface area (Å²) in [4.78, 5) is 25.1. The van der Waals surface area contributed by atoms with Crippen molar-refractivity contribution in [2.75, 3.05) is 44.2 Å². The summed E-state index contributed by atoms with van der Waals surface area (Å²) in [6, 6.07) is 5.03. The first-order valence-corrected chi connectivity index (χ1v) is 13.1. The molecule has 2 aliphatic rings. The monoisotopic (exact) mass is 480 g/mol. The van der Waals surface area contributed by atoms with E-state index in [-0.39, 0.29) is 21.9 Å². The molecule has 1 fully saturated rings. The molecule has 2 aromatic rings. The van der Waals surface area contributed by atoms with E-state index in [1.54, 1.807) is 18.5 Å². The second kappa shape index (κ2) is 8.73. The zero-order chi connectivity index (χ0) is 22.9. The van der Waals surface area contributed by atoms with Crippen molar-refractivity contribution >= 4 is 31.9 Å². The molecule has 2 N–H and O–H groups in total. The van der Waals surface area contributed by atoms with Crippen LogP contribution in [0, 0.1) is 0 Å². The topological polar surface area (TPSA) is 147 Å². The molecule has 0 radical (unpaired) electrons. The predicted octanol–water partition coefficient (Wildman–Crippen LogP) is -0.129. The van der Waals surface area contributed by atoms with Crippen LogP contribution in [0.2, 0.25) is 0 Å². The number of carbonyl (C=O) groups excluding carboxylic acids is 1. The highest BCUT2D eigenvalue weighted by Gasteiger charge is 2.41. The maximum absolute atomic E-state index is 12.7. The van der Waals surface area contributed by atoms with E-state index in [4.69, 9.17) is 5.14 Å². The summed E-state index contributed by atoms with van der Waals surface area (Å²) in [6.07, 6.45) is 4.66. The largest absolute Gasteiger partial charge is 0.338 e. The van der Waals surface area contributed by atoms with Crippen LogP contribution in [-0.2, 0) is 20.0 Å². The fourth-order valence-electron chi connectivity index (χ4n) is 3.88. The van der Waals surface area contributed by atoms with Crippen molar-refractivity contribution in [3.05, 3.63) is 42.2 Å². The van der Waals surface area contributed by atoms with E-state index in [2.05, 4.69) is 19.8 Å². The molecule has 1 aromatic heterocycles. The molecule has 0 aliphatic carbocycles. The van der Waals surface area contributed by atoms with E-state index < -0.39 is 26.0 Å². The van der Waals surface area contributed by atoms with Crippen molar-refractivity contribution in [2.24, 2.45) is 5.14 Å². The molecule has 0 atom stereocenters. The number of nitrogens with two attached hydrogens (primary N) is 1. The third-order valence-corrected chi connectivity index (χ3v) is 8.35. The quantitative estimate of drug-likeness (QED) is 0.535. The van der Waals surface area contributed by atoms with E-state index in [0.29, 0.717) is 6.42 Å². The predicted molar refractivity (Wildman–Crippen MR) is 116 cm³/mol. The minimum Gasteiger partial charge on any atom is -0.338 e. The Labute approximate surface area is 187 Å². The van der Waals surface area contributed by atoms with Gasteiger partial charge in [-0.25, -0.2) is 36.2 Å². The molecule has 0 spiro atoms. The van der Waals surface area contributed by atoms with Gasteiger partial charge in [-0.15, -0.1) is 0 Å². The summed E-state index contributed by atoms with van der Waals surface area (Å²) in [5.74, 6) is -0.00274. The van der Waals surface area contributed by atoms with E-state index in [0.717, 1.165) is 67.6 Å². The number of rotatable bonds is 7. The summed E-state index contributed by atoms with van der Waals surface area (Å²) >= 11 is 0. The summed E-state index contributed by atoms with van der Waals surface area (Å²) in [6.45, 7) is 4.14. The van der Waals surface area contributed by atoms with Gasteiger partial charge in [0.05, 0.1) is 10.5 Å². The van der Waals surface area contributed by atoms with Crippen molar-refractivity contribution in [1.82, 2.24) is 19.2 Å². The van der Waals surface area contributed by atoms with Gasteiger partial charge in [0, 0.05) is 45.1 Å². The highest BCUT2D eigenvalue weighted by Crippen LogP contribution is 2.32. The lowest BCUT2D eigenvalue weighted by molar-refractivity contribution is 0.0868. The molecule has 0 saturated carbocycles. The molecule has 0 bridgehead atoms. The number of aromatic nitrogens is 2. The van der Waals surface area contributed by atoms with Crippen LogP contribution in [0.15, 0.2) is 46.5 Å². The molecular formula is C19H24N6O5S2. The number of amides is 1. The van der Waals surface area contributed by atoms with Crippen LogP contribution in [0.1, 0.15) is 23.2 Å². The SMILES string of the molecule is NS(=O)(=O)c1ccc2c(c1)C(=O)N(CCCCN1CCN(c3ncccn3)CC1)S2(=O)=O. The third kappa shape index (κ3) is 4.46. The smallest absolute Gasteiger partial charge is 0.269 e. The molecule has 1 aromatic carbocycles. The molecule has 11 nitrogen and oxygen atoms in total. The van der Waals surface area contributed by atoms with Gasteiger partial charge in [0.15, 0.2) is 0 Å². The number of hydrogen-bond acceptors (Lipinski definition) is 9. The summed E-state index contributed by atoms with van der Waals surface area (Å²) in [7, 11) is -8.03. The van der Waals surface area contributed by atoms with Crippen LogP contribution in [0.4, 0.5) is 5.95 Å². The first-order valence-electron chi connectivity index (χ1n) is 10.2. The molecule has 32 heavy (non-hydrogen) atoms. The van der Waals surface area contributed by atoms with Gasteiger partial charge in [-0.2, -0.15) is 0 Å². The van der Waals surface area contributed by atoms with Crippen LogP contribution in [0.5, 0.6) is 0 Å². The van der Waals surface area contributed by atoms with Crippen LogP contribution in [0.3, 0.4) is 0 Å². The Hall–Kier alpha value is -2.61. The average molecular weight is 481 g/mol. The molecule has 1 amide bonds.